The van der Waals surface area contributed by atoms with Gasteiger partial charge in [-0.1, -0.05) is 88.9 Å². The molecule has 0 heterocycles. The van der Waals surface area contributed by atoms with E-state index in [4.69, 9.17) is 76.9 Å². The Hall–Kier alpha value is -4.93. The van der Waals surface area contributed by atoms with Gasteiger partial charge in [0.25, 0.3) is 0 Å². The summed E-state index contributed by atoms with van der Waals surface area (Å²) < 4.78 is 14.0. The molecule has 0 saturated heterocycles. The summed E-state index contributed by atoms with van der Waals surface area (Å²) in [6, 6.07) is 15.8. The molecule has 0 bridgehead atoms. The maximum atomic E-state index is 12.0. The van der Waals surface area contributed by atoms with Gasteiger partial charge in [-0.2, -0.15) is 0 Å². The summed E-state index contributed by atoms with van der Waals surface area (Å²) in [6.45, 7) is -1.24. The van der Waals surface area contributed by atoms with Crippen LogP contribution in [0.1, 0.15) is 32.7 Å². The lowest BCUT2D eigenvalue weighted by atomic mass is 10.1. The highest BCUT2D eigenvalue weighted by Gasteiger charge is 2.21. The van der Waals surface area contributed by atoms with Crippen LogP contribution in [0.25, 0.3) is 0 Å². The molecule has 51 heavy (non-hydrogen) atoms. The number of hydrogen-bond donors (Lipinski definition) is 5. The third-order valence-electron chi connectivity index (χ3n) is 5.83. The first kappa shape index (κ1) is 44.1. The van der Waals surface area contributed by atoms with Crippen molar-refractivity contribution >= 4 is 88.1 Å². The Kier molecular flexibility index (Phi) is 19.6. The molecule has 0 aliphatic heterocycles. The van der Waals surface area contributed by atoms with E-state index in [0.717, 1.165) is 5.56 Å². The third kappa shape index (κ3) is 16.6. The number of amides is 1. The molecule has 0 aromatic heterocycles. The van der Waals surface area contributed by atoms with E-state index in [0.29, 0.717) is 0 Å². The molecule has 6 N–H and O–H groups in total. The van der Waals surface area contributed by atoms with Gasteiger partial charge in [0.1, 0.15) is 12.1 Å². The molecule has 3 aromatic rings. The van der Waals surface area contributed by atoms with E-state index in [1.807, 2.05) is 18.2 Å². The predicted octanol–water partition coefficient (Wildman–Crippen LogP) is 4.79. The minimum Gasteiger partial charge on any atom is -0.481 e. The predicted molar refractivity (Wildman–Crippen MR) is 183 cm³/mol. The highest BCUT2D eigenvalue weighted by atomic mass is 35.5. The molecule has 0 aliphatic carbocycles. The monoisotopic (exact) mass is 790 g/mol. The largest absolute Gasteiger partial charge is 0.481 e. The summed E-state index contributed by atoms with van der Waals surface area (Å²) >= 11 is 23.5. The Labute approximate surface area is 310 Å². The Bertz CT molecular complexity index is 1600. The second-order valence-corrected chi connectivity index (χ2v) is 11.3. The van der Waals surface area contributed by atoms with Crippen molar-refractivity contribution in [2.45, 2.75) is 24.9 Å². The first-order valence-electron chi connectivity index (χ1n) is 14.0. The number of carbonyl (C=O) groups is 7. The fourth-order valence-electron chi connectivity index (χ4n) is 3.39. The smallest absolute Gasteiger partial charge is 0.407 e. The second kappa shape index (κ2) is 22.7. The number of ether oxygens (including phenoxy) is 3. The number of nitrogens with one attached hydrogen (secondary N) is 1. The fourth-order valence-corrected chi connectivity index (χ4v) is 4.49. The van der Waals surface area contributed by atoms with E-state index < -0.39 is 73.4 Å². The molecular weight excluding hydrogens is 762 g/mol. The number of Topliss-reactive ketones (excluding diaryl/α,β-unsaturated/α-hetero) is 1. The van der Waals surface area contributed by atoms with Crippen molar-refractivity contribution in [3.63, 3.8) is 0 Å². The van der Waals surface area contributed by atoms with Crippen LogP contribution < -0.4 is 11.1 Å². The number of alkyl carbamates (subject to hydrolysis) is 1. The molecule has 15 nitrogen and oxygen atoms in total. The SMILES string of the molecule is COC(=O)N[C@@H](Cc1ccccc1)C(=O)O.N[C@@H](CC(=O)O)C(=O)O.O=C(COC(=O)c1c(Cl)cccc1Cl)COC(=O)c1c(Cl)cccc1Cl. The van der Waals surface area contributed by atoms with E-state index >= 15 is 0 Å². The van der Waals surface area contributed by atoms with Crippen LogP contribution in [0.15, 0.2) is 66.7 Å². The molecule has 0 unspecified atom stereocenters. The number of rotatable bonds is 13. The molecular formula is C32H30Cl4N2O13. The van der Waals surface area contributed by atoms with Gasteiger partial charge in [0.2, 0.25) is 5.78 Å². The number of aliphatic carboxylic acids is 3. The zero-order valence-corrected chi connectivity index (χ0v) is 29.4. The molecule has 0 aliphatic rings. The molecule has 3 aromatic carbocycles. The van der Waals surface area contributed by atoms with Gasteiger partial charge in [-0.25, -0.2) is 19.2 Å². The summed E-state index contributed by atoms with van der Waals surface area (Å²) in [5.41, 5.74) is 5.57. The van der Waals surface area contributed by atoms with Crippen molar-refractivity contribution in [2.24, 2.45) is 5.73 Å². The van der Waals surface area contributed by atoms with Gasteiger partial charge in [-0.15, -0.1) is 0 Å². The summed E-state index contributed by atoms with van der Waals surface area (Å²) in [7, 11) is 1.19. The van der Waals surface area contributed by atoms with Gasteiger partial charge in [-0.05, 0) is 29.8 Å². The Morgan fingerprint density at radius 2 is 1.12 bits per heavy atom. The van der Waals surface area contributed by atoms with Crippen LogP contribution in [-0.4, -0.2) is 89.4 Å². The highest BCUT2D eigenvalue weighted by Crippen LogP contribution is 2.26. The first-order chi connectivity index (χ1) is 24.0. The first-order valence-corrected chi connectivity index (χ1v) is 15.5. The molecule has 3 rings (SSSR count). The Balaban J connectivity index is 0.000000441. The van der Waals surface area contributed by atoms with Gasteiger partial charge in [0.05, 0.1) is 44.7 Å². The van der Waals surface area contributed by atoms with E-state index in [1.54, 1.807) is 24.3 Å². The molecule has 274 valence electrons. The second-order valence-electron chi connectivity index (χ2n) is 9.64. The van der Waals surface area contributed by atoms with Crippen LogP contribution >= 0.6 is 46.4 Å². The van der Waals surface area contributed by atoms with Crippen molar-refractivity contribution < 1.29 is 63.1 Å². The number of halogens is 4. The molecule has 0 fully saturated rings. The summed E-state index contributed by atoms with van der Waals surface area (Å²) in [4.78, 5) is 77.1. The number of hydrogen-bond acceptors (Lipinski definition) is 11. The average Bonchev–Trinajstić information content (AvgIpc) is 3.06. The third-order valence-corrected chi connectivity index (χ3v) is 7.09. The Morgan fingerprint density at radius 3 is 1.45 bits per heavy atom. The van der Waals surface area contributed by atoms with Gasteiger partial charge >= 0.3 is 35.9 Å². The van der Waals surface area contributed by atoms with Crippen LogP contribution in [0.3, 0.4) is 0 Å². The zero-order valence-electron chi connectivity index (χ0n) is 26.3. The van der Waals surface area contributed by atoms with Crippen LogP contribution in [-0.2, 0) is 39.8 Å². The summed E-state index contributed by atoms with van der Waals surface area (Å²) in [5.74, 6) is -5.97. The maximum absolute atomic E-state index is 12.0. The molecule has 0 spiro atoms. The number of nitrogens with two attached hydrogens (primary N) is 1. The minimum atomic E-state index is -1.29. The highest BCUT2D eigenvalue weighted by molar-refractivity contribution is 6.40. The van der Waals surface area contributed by atoms with Crippen molar-refractivity contribution in [1.29, 1.82) is 0 Å². The van der Waals surface area contributed by atoms with Gasteiger partial charge < -0.3 is 40.6 Å². The number of methoxy groups -OCH3 is 1. The van der Waals surface area contributed by atoms with Gasteiger partial charge in [0, 0.05) is 6.42 Å². The topological polar surface area (TPSA) is 246 Å². The summed E-state index contributed by atoms with van der Waals surface area (Å²) in [5, 5.41) is 27.6. The van der Waals surface area contributed by atoms with Crippen LogP contribution in [0.2, 0.25) is 20.1 Å². The molecule has 0 radical (unpaired) electrons. The lowest BCUT2D eigenvalue weighted by Gasteiger charge is -2.13. The normalized spacial score (nSPS) is 11.1. The standard InChI is InChI=1S/C17H10Cl4O5.C11H13NO4.C4H7NO4/c18-10-3-1-4-11(19)14(10)16(23)25-7-9(22)8-26-17(24)15-12(20)5-2-6-13(15)21;1-16-11(15)12-9(10(13)14)7-8-5-3-2-4-6-8;5-2(4(8)9)1-3(6)7/h1-6H,7-8H2;2-6,9H,7H2,1H3,(H,12,15)(H,13,14);2H,1,5H2,(H,6,7)(H,8,9)/t;9-;2-/m.00/s1. The lowest BCUT2D eigenvalue weighted by molar-refractivity contribution is -0.144. The van der Waals surface area contributed by atoms with Crippen molar-refractivity contribution in [2.75, 3.05) is 20.3 Å². The number of benzene rings is 3. The van der Waals surface area contributed by atoms with E-state index in [-0.39, 0.29) is 37.6 Å². The van der Waals surface area contributed by atoms with E-state index in [2.05, 4.69) is 10.1 Å². The zero-order chi connectivity index (χ0) is 38.7. The van der Waals surface area contributed by atoms with Crippen LogP contribution in [0, 0.1) is 0 Å². The minimum absolute atomic E-state index is 0.0523. The molecule has 0 saturated carbocycles. The van der Waals surface area contributed by atoms with Crippen LogP contribution in [0.5, 0.6) is 0 Å². The van der Waals surface area contributed by atoms with E-state index in [9.17, 15) is 33.6 Å². The van der Waals surface area contributed by atoms with Crippen molar-refractivity contribution in [3.05, 3.63) is 104 Å². The van der Waals surface area contributed by atoms with Crippen molar-refractivity contribution in [1.82, 2.24) is 5.32 Å². The number of ketones is 1. The van der Waals surface area contributed by atoms with E-state index in [1.165, 1.54) is 31.4 Å². The Morgan fingerprint density at radius 1 is 0.686 bits per heavy atom. The molecule has 2 atom stereocenters. The number of esters is 2. The molecule has 19 heteroatoms. The van der Waals surface area contributed by atoms with Gasteiger partial charge in [0.15, 0.2) is 13.2 Å². The van der Waals surface area contributed by atoms with Crippen LogP contribution in [0.4, 0.5) is 4.79 Å². The fraction of sp³-hybridized carbons (Fsp3) is 0.219. The number of carbonyl (C=O) groups excluding carboxylic acids is 4. The number of carboxylic acids is 3. The van der Waals surface area contributed by atoms with Crippen molar-refractivity contribution in [3.8, 4) is 0 Å². The quantitative estimate of drug-likeness (QED) is 0.115. The molecule has 1 amide bonds. The maximum Gasteiger partial charge on any atom is 0.407 e. The summed E-state index contributed by atoms with van der Waals surface area (Å²) in [6.07, 6.45) is -1.05. The lowest BCUT2D eigenvalue weighted by Crippen LogP contribution is -2.42. The average molecular weight is 792 g/mol. The van der Waals surface area contributed by atoms with Gasteiger partial charge in [-0.3, -0.25) is 14.4 Å². The number of carboxylic acid groups (broad SMARTS) is 3.